The molecule has 8 nitrogen and oxygen atoms in total. The average Bonchev–Trinajstić information content (AvgIpc) is 3.61. The number of hydrogen-bond acceptors (Lipinski definition) is 6. The standard InChI is InChI=1S/C29H34N2O6/c1-36-20-7-4-17(5-8-20)14-24(33)30-21-10-11-29(34)23-15-19-6-9-22(32)26-25(19)28(29,27(21)37-26)12-13-31(23,35)16-18-2-3-18/h4-9,18,21,23,27,32,34H,2-3,10-16H2,1H3,(H,30,33)/t21-,23-,27+,28+,29-,31?/m1/s1. The molecule has 1 amide bonds. The van der Waals surface area contributed by atoms with E-state index in [4.69, 9.17) is 9.47 Å². The number of ether oxygens (including phenoxy) is 2. The third-order valence-corrected chi connectivity index (χ3v) is 9.93. The van der Waals surface area contributed by atoms with Crippen LogP contribution < -0.4 is 14.8 Å². The number of nitrogens with zero attached hydrogens (tertiary/aromatic N) is 1. The Labute approximate surface area is 216 Å². The van der Waals surface area contributed by atoms with Crippen LogP contribution in [0.1, 0.15) is 48.8 Å². The number of aromatic hydroxyl groups is 1. The molecule has 2 heterocycles. The summed E-state index contributed by atoms with van der Waals surface area (Å²) in [5.41, 5.74) is 0.677. The fourth-order valence-corrected chi connectivity index (χ4v) is 8.09. The summed E-state index contributed by atoms with van der Waals surface area (Å²) in [6.07, 6.45) is 3.79. The third-order valence-electron chi connectivity index (χ3n) is 9.93. The second-order valence-corrected chi connectivity index (χ2v) is 11.9. The molecule has 196 valence electrons. The Morgan fingerprint density at radius 1 is 1.19 bits per heavy atom. The van der Waals surface area contributed by atoms with Gasteiger partial charge in [0.05, 0.1) is 38.1 Å². The van der Waals surface area contributed by atoms with Gasteiger partial charge in [0, 0.05) is 24.3 Å². The SMILES string of the molecule is COc1ccc(CC(=O)N[C@@H]2CC[C@@]3(O)[C@H]4Cc5ccc(O)c6c5[C@@]3(CC[N+]4([O-])CC3CC3)[C@H]2O6)cc1. The quantitative estimate of drug-likeness (QED) is 0.411. The van der Waals surface area contributed by atoms with Gasteiger partial charge in [-0.1, -0.05) is 18.2 Å². The van der Waals surface area contributed by atoms with Gasteiger partial charge in [0.25, 0.3) is 0 Å². The number of nitrogens with one attached hydrogen (secondary N) is 1. The number of quaternary nitrogens is 1. The van der Waals surface area contributed by atoms with Gasteiger partial charge in [-0.2, -0.15) is 0 Å². The van der Waals surface area contributed by atoms with E-state index in [1.54, 1.807) is 13.2 Å². The van der Waals surface area contributed by atoms with E-state index in [9.17, 15) is 20.2 Å². The number of phenolic OH excluding ortho intramolecular Hbond substituents is 1. The predicted octanol–water partition coefficient (Wildman–Crippen LogP) is 2.71. The molecule has 2 aromatic rings. The molecule has 0 aromatic heterocycles. The Balaban J connectivity index is 1.23. The van der Waals surface area contributed by atoms with Gasteiger partial charge in [-0.3, -0.25) is 4.79 Å². The van der Waals surface area contributed by atoms with Crippen LogP contribution in [0.3, 0.4) is 0 Å². The van der Waals surface area contributed by atoms with Crippen molar-refractivity contribution in [3.63, 3.8) is 0 Å². The Morgan fingerprint density at radius 3 is 2.70 bits per heavy atom. The first-order chi connectivity index (χ1) is 17.8. The van der Waals surface area contributed by atoms with Crippen molar-refractivity contribution >= 4 is 5.91 Å². The zero-order valence-corrected chi connectivity index (χ0v) is 21.1. The van der Waals surface area contributed by atoms with Crippen LogP contribution in [-0.4, -0.2) is 64.8 Å². The maximum absolute atomic E-state index is 14.3. The van der Waals surface area contributed by atoms with Gasteiger partial charge < -0.3 is 34.9 Å². The highest BCUT2D eigenvalue weighted by Gasteiger charge is 2.76. The molecule has 0 radical (unpaired) electrons. The highest BCUT2D eigenvalue weighted by molar-refractivity contribution is 5.79. The summed E-state index contributed by atoms with van der Waals surface area (Å²) >= 11 is 0. The monoisotopic (exact) mass is 506 g/mol. The minimum absolute atomic E-state index is 0.0538. The molecule has 37 heavy (non-hydrogen) atoms. The molecule has 3 aliphatic carbocycles. The maximum atomic E-state index is 14.3. The molecule has 2 aromatic carbocycles. The molecule has 3 fully saturated rings. The van der Waals surface area contributed by atoms with E-state index in [2.05, 4.69) is 5.32 Å². The Hall–Kier alpha value is -2.81. The summed E-state index contributed by atoms with van der Waals surface area (Å²) in [4.78, 5) is 13.1. The number of methoxy groups -OCH3 is 1. The lowest BCUT2D eigenvalue weighted by molar-refractivity contribution is -0.924. The summed E-state index contributed by atoms with van der Waals surface area (Å²) < 4.78 is 11.3. The van der Waals surface area contributed by atoms with Crippen molar-refractivity contribution < 1.29 is 29.1 Å². The van der Waals surface area contributed by atoms with Gasteiger partial charge in [-0.15, -0.1) is 0 Å². The van der Waals surface area contributed by atoms with Crippen LogP contribution in [0.2, 0.25) is 0 Å². The van der Waals surface area contributed by atoms with E-state index in [1.807, 2.05) is 30.3 Å². The summed E-state index contributed by atoms with van der Waals surface area (Å²) in [6.45, 7) is 0.987. The summed E-state index contributed by atoms with van der Waals surface area (Å²) in [5.74, 6) is 1.55. The van der Waals surface area contributed by atoms with Gasteiger partial charge in [-0.25, -0.2) is 0 Å². The zero-order chi connectivity index (χ0) is 25.6. The molecule has 2 bridgehead atoms. The van der Waals surface area contributed by atoms with Gasteiger partial charge in [0.15, 0.2) is 11.5 Å². The summed E-state index contributed by atoms with van der Waals surface area (Å²) in [7, 11) is 1.61. The molecule has 1 unspecified atom stereocenters. The summed E-state index contributed by atoms with van der Waals surface area (Å²) in [6, 6.07) is 10.2. The largest absolute Gasteiger partial charge is 0.632 e. The van der Waals surface area contributed by atoms with E-state index in [-0.39, 0.29) is 28.8 Å². The van der Waals surface area contributed by atoms with Crippen molar-refractivity contribution in [2.75, 3.05) is 20.2 Å². The van der Waals surface area contributed by atoms with Gasteiger partial charge in [0.1, 0.15) is 23.5 Å². The smallest absolute Gasteiger partial charge is 0.224 e. The Bertz CT molecular complexity index is 1260. The molecular weight excluding hydrogens is 472 g/mol. The van der Waals surface area contributed by atoms with Gasteiger partial charge in [-0.05, 0) is 55.0 Å². The molecular formula is C29H34N2O6. The van der Waals surface area contributed by atoms with Crippen molar-refractivity contribution in [2.45, 2.75) is 74.1 Å². The summed E-state index contributed by atoms with van der Waals surface area (Å²) in [5, 5.41) is 40.7. The molecule has 1 spiro atoms. The maximum Gasteiger partial charge on any atom is 0.224 e. The fourth-order valence-electron chi connectivity index (χ4n) is 8.09. The first kappa shape index (κ1) is 23.3. The van der Waals surface area contributed by atoms with Crippen LogP contribution >= 0.6 is 0 Å². The van der Waals surface area contributed by atoms with Crippen LogP contribution in [0.5, 0.6) is 17.2 Å². The van der Waals surface area contributed by atoms with E-state index >= 15 is 0 Å². The number of amides is 1. The minimum Gasteiger partial charge on any atom is -0.632 e. The van der Waals surface area contributed by atoms with Crippen molar-refractivity contribution in [1.82, 2.24) is 5.32 Å². The molecule has 2 aliphatic heterocycles. The van der Waals surface area contributed by atoms with Crippen molar-refractivity contribution in [3.05, 3.63) is 58.3 Å². The number of carbonyl (C=O) groups excluding carboxylic acids is 1. The second kappa shape index (κ2) is 7.85. The van der Waals surface area contributed by atoms with Crippen molar-refractivity contribution in [2.24, 2.45) is 5.92 Å². The van der Waals surface area contributed by atoms with E-state index in [1.165, 1.54) is 0 Å². The topological polar surface area (TPSA) is 111 Å². The average molecular weight is 507 g/mol. The lowest BCUT2D eigenvalue weighted by Crippen LogP contribution is -2.81. The van der Waals surface area contributed by atoms with Crippen LogP contribution in [0.15, 0.2) is 36.4 Å². The van der Waals surface area contributed by atoms with Crippen LogP contribution in [0, 0.1) is 11.1 Å². The number of likely N-dealkylation sites (tertiary alicyclic amines) is 1. The number of carbonyl (C=O) groups is 1. The van der Waals surface area contributed by atoms with Crippen molar-refractivity contribution in [1.29, 1.82) is 0 Å². The molecule has 3 N–H and O–H groups in total. The number of rotatable bonds is 6. The third kappa shape index (κ3) is 3.22. The molecule has 6 atom stereocenters. The molecule has 5 aliphatic rings. The zero-order valence-electron chi connectivity index (χ0n) is 21.1. The van der Waals surface area contributed by atoms with Crippen LogP contribution in [-0.2, 0) is 23.1 Å². The number of hydrogen-bond donors (Lipinski definition) is 3. The molecule has 7 rings (SSSR count). The number of phenols is 1. The number of benzene rings is 2. The van der Waals surface area contributed by atoms with Crippen LogP contribution in [0.25, 0.3) is 0 Å². The van der Waals surface area contributed by atoms with E-state index in [0.29, 0.717) is 50.4 Å². The van der Waals surface area contributed by atoms with Crippen molar-refractivity contribution in [3.8, 4) is 17.2 Å². The first-order valence-corrected chi connectivity index (χ1v) is 13.5. The van der Waals surface area contributed by atoms with Gasteiger partial charge in [0.2, 0.25) is 5.91 Å². The fraction of sp³-hybridized carbons (Fsp3) is 0.552. The number of piperidine rings is 1. The Morgan fingerprint density at radius 2 is 1.97 bits per heavy atom. The first-order valence-electron chi connectivity index (χ1n) is 13.5. The molecule has 8 heteroatoms. The van der Waals surface area contributed by atoms with E-state index in [0.717, 1.165) is 35.3 Å². The lowest BCUT2D eigenvalue weighted by atomic mass is 9.48. The van der Waals surface area contributed by atoms with E-state index < -0.39 is 23.2 Å². The molecule has 1 saturated heterocycles. The molecule has 2 saturated carbocycles. The minimum atomic E-state index is -1.24. The lowest BCUT2D eigenvalue weighted by Gasteiger charge is -2.68. The highest BCUT2D eigenvalue weighted by atomic mass is 16.6. The van der Waals surface area contributed by atoms with Gasteiger partial charge >= 0.3 is 0 Å². The number of hydroxylamine groups is 3. The Kier molecular flexibility index (Phi) is 4.95. The van der Waals surface area contributed by atoms with Crippen LogP contribution in [0.4, 0.5) is 0 Å². The normalized spacial score (nSPS) is 36.9. The highest BCUT2D eigenvalue weighted by Crippen LogP contribution is 2.66. The predicted molar refractivity (Wildman–Crippen MR) is 135 cm³/mol. The second-order valence-electron chi connectivity index (χ2n) is 11.9. The number of aliphatic hydroxyl groups is 1.